The molecule has 0 bridgehead atoms. The van der Waals surface area contributed by atoms with Crippen LogP contribution < -0.4 is 4.90 Å². The van der Waals surface area contributed by atoms with E-state index < -0.39 is 0 Å². The third-order valence-corrected chi connectivity index (χ3v) is 10.8. The van der Waals surface area contributed by atoms with E-state index >= 15 is 0 Å². The first kappa shape index (κ1) is 31.8. The first-order valence-corrected chi connectivity index (χ1v) is 18.7. The van der Waals surface area contributed by atoms with Gasteiger partial charge < -0.3 is 9.32 Å². The van der Waals surface area contributed by atoms with Crippen LogP contribution in [0.15, 0.2) is 210 Å². The van der Waals surface area contributed by atoms with E-state index in [1.165, 1.54) is 49.9 Å². The number of furan rings is 1. The third-order valence-electron chi connectivity index (χ3n) is 10.8. The van der Waals surface area contributed by atoms with E-state index in [1.807, 2.05) is 12.1 Å². The highest BCUT2D eigenvalue weighted by Crippen LogP contribution is 2.40. The number of nitrogens with zero attached hydrogens (tertiary/aromatic N) is 1. The molecule has 0 amide bonds. The summed E-state index contributed by atoms with van der Waals surface area (Å²) in [7, 11) is 0. The minimum atomic E-state index is 0.916. The van der Waals surface area contributed by atoms with Gasteiger partial charge in [-0.3, -0.25) is 0 Å². The van der Waals surface area contributed by atoms with E-state index in [9.17, 15) is 0 Å². The minimum Gasteiger partial charge on any atom is -0.455 e. The molecule has 0 aliphatic heterocycles. The van der Waals surface area contributed by atoms with Gasteiger partial charge in [-0.2, -0.15) is 0 Å². The van der Waals surface area contributed by atoms with Gasteiger partial charge in [0.2, 0.25) is 0 Å². The lowest BCUT2D eigenvalue weighted by Crippen LogP contribution is -2.17. The molecular weight excluding hydrogens is 655 g/mol. The van der Waals surface area contributed by atoms with Gasteiger partial charge in [0.15, 0.2) is 0 Å². The van der Waals surface area contributed by atoms with Crippen LogP contribution in [0.1, 0.15) is 18.4 Å². The minimum absolute atomic E-state index is 0.916. The number of allylic oxidation sites excluding steroid dienone is 4. The summed E-state index contributed by atoms with van der Waals surface area (Å²) in [6.07, 6.45) is 6.51. The normalized spacial score (nSPS) is 12.9. The number of hydrogen-bond acceptors (Lipinski definition) is 2. The fourth-order valence-corrected chi connectivity index (χ4v) is 8.07. The van der Waals surface area contributed by atoms with Crippen LogP contribution in [0.3, 0.4) is 0 Å². The predicted octanol–water partition coefficient (Wildman–Crippen LogP) is 14.6. The summed E-state index contributed by atoms with van der Waals surface area (Å²) < 4.78 is 6.39. The molecule has 0 saturated carbocycles. The van der Waals surface area contributed by atoms with Gasteiger partial charge in [-0.15, -0.1) is 0 Å². The second-order valence-electron chi connectivity index (χ2n) is 14.0. The number of fused-ring (bicyclic) bond motifs is 4. The Morgan fingerprint density at radius 2 is 0.926 bits per heavy atom. The van der Waals surface area contributed by atoms with E-state index in [0.29, 0.717) is 0 Å². The molecule has 2 nitrogen and oxygen atoms in total. The Kier molecular flexibility index (Phi) is 8.00. The number of rotatable bonds is 7. The van der Waals surface area contributed by atoms with Crippen LogP contribution >= 0.6 is 0 Å². The largest absolute Gasteiger partial charge is 0.455 e. The number of para-hydroxylation sites is 2. The summed E-state index contributed by atoms with van der Waals surface area (Å²) in [5.74, 6) is 0. The van der Waals surface area contributed by atoms with Crippen molar-refractivity contribution in [3.63, 3.8) is 0 Å². The molecule has 2 heteroatoms. The van der Waals surface area contributed by atoms with Gasteiger partial charge in [-0.05, 0) is 99.0 Å². The van der Waals surface area contributed by atoms with Gasteiger partial charge in [0.25, 0.3) is 0 Å². The Balaban J connectivity index is 0.992. The molecular formula is C52H37NO. The molecule has 256 valence electrons. The average molecular weight is 692 g/mol. The van der Waals surface area contributed by atoms with Crippen molar-refractivity contribution in [1.82, 2.24) is 0 Å². The first-order valence-electron chi connectivity index (χ1n) is 18.7. The molecule has 8 aromatic carbocycles. The molecule has 54 heavy (non-hydrogen) atoms. The number of hydrogen-bond donors (Lipinski definition) is 0. The lowest BCUT2D eigenvalue weighted by Gasteiger charge is -2.30. The summed E-state index contributed by atoms with van der Waals surface area (Å²) in [5.41, 5.74) is 15.2. The van der Waals surface area contributed by atoms with Gasteiger partial charge >= 0.3 is 0 Å². The van der Waals surface area contributed by atoms with Crippen molar-refractivity contribution in [2.75, 3.05) is 4.90 Å². The summed E-state index contributed by atoms with van der Waals surface area (Å²) in [5, 5.41) is 4.84. The highest BCUT2D eigenvalue weighted by atomic mass is 16.3. The monoisotopic (exact) mass is 691 g/mol. The molecule has 10 rings (SSSR count). The lowest BCUT2D eigenvalue weighted by molar-refractivity contribution is 0.670. The lowest BCUT2D eigenvalue weighted by atomic mass is 9.92. The maximum atomic E-state index is 6.39. The fraction of sp³-hybridized carbons (Fsp3) is 0.0385. The third kappa shape index (κ3) is 5.79. The van der Waals surface area contributed by atoms with Gasteiger partial charge in [0.05, 0.1) is 0 Å². The second-order valence-corrected chi connectivity index (χ2v) is 14.0. The Labute approximate surface area is 315 Å². The zero-order chi connectivity index (χ0) is 35.8. The van der Waals surface area contributed by atoms with Gasteiger partial charge in [0.1, 0.15) is 11.2 Å². The Bertz CT molecular complexity index is 2830. The molecule has 0 saturated heterocycles. The highest BCUT2D eigenvalue weighted by molar-refractivity contribution is 6.09. The van der Waals surface area contributed by atoms with E-state index in [-0.39, 0.29) is 0 Å². The van der Waals surface area contributed by atoms with Crippen LogP contribution in [0.4, 0.5) is 11.4 Å². The summed E-state index contributed by atoms with van der Waals surface area (Å²) in [4.78, 5) is 2.41. The molecule has 1 aromatic heterocycles. The topological polar surface area (TPSA) is 16.4 Å². The Morgan fingerprint density at radius 1 is 0.370 bits per heavy atom. The molecule has 0 unspecified atom stereocenters. The van der Waals surface area contributed by atoms with Crippen molar-refractivity contribution in [2.24, 2.45) is 0 Å². The molecule has 0 radical (unpaired) electrons. The summed E-state index contributed by atoms with van der Waals surface area (Å²) in [6.45, 7) is 0. The van der Waals surface area contributed by atoms with Crippen molar-refractivity contribution in [1.29, 1.82) is 0 Å². The van der Waals surface area contributed by atoms with Gasteiger partial charge in [-0.25, -0.2) is 0 Å². The zero-order valence-electron chi connectivity index (χ0n) is 29.8. The smallest absolute Gasteiger partial charge is 0.143 e. The van der Waals surface area contributed by atoms with Crippen LogP contribution in [0.25, 0.3) is 71.7 Å². The fourth-order valence-electron chi connectivity index (χ4n) is 8.07. The quantitative estimate of drug-likeness (QED) is 0.165. The molecule has 1 heterocycles. The van der Waals surface area contributed by atoms with Crippen LogP contribution in [-0.2, 0) is 0 Å². The van der Waals surface area contributed by atoms with Gasteiger partial charge in [0, 0.05) is 33.4 Å². The molecule has 0 N–H and O–H groups in total. The van der Waals surface area contributed by atoms with Crippen molar-refractivity contribution in [3.8, 4) is 33.4 Å². The second kappa shape index (κ2) is 13.6. The first-order chi connectivity index (χ1) is 26.8. The van der Waals surface area contributed by atoms with Crippen molar-refractivity contribution >= 4 is 49.7 Å². The molecule has 0 atom stereocenters. The van der Waals surface area contributed by atoms with E-state index in [4.69, 9.17) is 4.42 Å². The van der Waals surface area contributed by atoms with Crippen molar-refractivity contribution < 1.29 is 4.42 Å². The van der Waals surface area contributed by atoms with E-state index in [0.717, 1.165) is 57.3 Å². The van der Waals surface area contributed by atoms with Crippen LogP contribution in [-0.4, -0.2) is 0 Å². The Hall–Kier alpha value is -6.90. The highest BCUT2D eigenvalue weighted by Gasteiger charge is 2.19. The molecule has 0 fully saturated rings. The van der Waals surface area contributed by atoms with Crippen molar-refractivity contribution in [3.05, 3.63) is 211 Å². The molecule has 1 aliphatic carbocycles. The molecule has 9 aromatic rings. The van der Waals surface area contributed by atoms with Crippen molar-refractivity contribution in [2.45, 2.75) is 12.8 Å². The van der Waals surface area contributed by atoms with E-state index in [1.54, 1.807) is 0 Å². The van der Waals surface area contributed by atoms with Crippen LogP contribution in [0.2, 0.25) is 0 Å². The maximum absolute atomic E-state index is 6.39. The number of benzene rings is 8. The molecule has 0 spiro atoms. The average Bonchev–Trinajstić information content (AvgIpc) is 3.64. The predicted molar refractivity (Wildman–Crippen MR) is 228 cm³/mol. The van der Waals surface area contributed by atoms with Crippen LogP contribution in [0.5, 0.6) is 0 Å². The Morgan fingerprint density at radius 3 is 1.69 bits per heavy atom. The summed E-state index contributed by atoms with van der Waals surface area (Å²) >= 11 is 0. The van der Waals surface area contributed by atoms with Crippen LogP contribution in [0, 0.1) is 0 Å². The number of anilines is 2. The summed E-state index contributed by atoms with van der Waals surface area (Å²) in [6, 6.07) is 67.5. The maximum Gasteiger partial charge on any atom is 0.143 e. The molecule has 1 aliphatic rings. The van der Waals surface area contributed by atoms with Gasteiger partial charge in [-0.1, -0.05) is 164 Å². The zero-order valence-corrected chi connectivity index (χ0v) is 29.8. The van der Waals surface area contributed by atoms with E-state index in [2.05, 4.69) is 193 Å². The SMILES string of the molecule is C1=C(c2ccc(-c3cccc4ccccc34)cc2)CCC(N(c2ccc(-c3ccccc3)cc2)c2ccc(-c3cccc4c3oc3ccccc34)cc2)=C1. The standard InChI is InChI=1S/C52H37NO/c1-2-10-36(11-3-1)38-24-30-43(31-25-38)53(45-34-28-42(29-35-45)48-17-9-18-50-49-15-6-7-19-51(49)54-52(48)50)44-32-26-39(27-33-44)37-20-22-41(23-21-37)47-16-8-13-40-12-4-5-14-46(40)47/h1-26,28-32,34-35H,27,33H2.